The molecular weight excluding hydrogens is 440 g/mol. The Balaban J connectivity index is 0.000000597. The molecule has 0 aromatic rings. The van der Waals surface area contributed by atoms with E-state index in [4.69, 9.17) is 4.79 Å². The van der Waals surface area contributed by atoms with Crippen molar-refractivity contribution in [1.29, 1.82) is 0 Å². The summed E-state index contributed by atoms with van der Waals surface area (Å²) in [6.45, 7) is 9.44. The molecule has 4 N–H and O–H groups in total. The fourth-order valence-electron chi connectivity index (χ4n) is 3.77. The lowest BCUT2D eigenvalue weighted by Gasteiger charge is -2.15. The van der Waals surface area contributed by atoms with Gasteiger partial charge in [-0.1, -0.05) is 52.4 Å². The van der Waals surface area contributed by atoms with Gasteiger partial charge in [0.15, 0.2) is 0 Å². The number of carbonyl (C=O) groups excluding carboxylic acids is 4. The third-order valence-corrected chi connectivity index (χ3v) is 7.10. The van der Waals surface area contributed by atoms with E-state index in [1.54, 1.807) is 0 Å². The standard InChI is InChI=1S/C14H28N2O2.C9H16N2OS.CH2O/c1-3-4-5-8-12-16-14(18)10-7-6-9-11-15-13(2)17;1-2-3-4-7-8-6(5-13-7)10-9(12)11-8;1-2/h3-12H2,1-2H3,(H,15,17)(H,16,18);6-8H,2-5H2,1H3,(H2,10,11,12);1H2. The highest BCUT2D eigenvalue weighted by atomic mass is 32.2. The minimum atomic E-state index is 0.0137. The summed E-state index contributed by atoms with van der Waals surface area (Å²) in [4.78, 5) is 41.1. The largest absolute Gasteiger partial charge is 0.356 e. The van der Waals surface area contributed by atoms with Gasteiger partial charge in [-0.05, 0) is 25.7 Å². The van der Waals surface area contributed by atoms with Crippen molar-refractivity contribution in [3.8, 4) is 0 Å². The highest BCUT2D eigenvalue weighted by molar-refractivity contribution is 8.00. The smallest absolute Gasteiger partial charge is 0.315 e. The van der Waals surface area contributed by atoms with E-state index in [2.05, 4.69) is 35.1 Å². The minimum absolute atomic E-state index is 0.0137. The van der Waals surface area contributed by atoms with Crippen LogP contribution in [0.3, 0.4) is 0 Å². The predicted octanol–water partition coefficient (Wildman–Crippen LogP) is 3.54. The van der Waals surface area contributed by atoms with Crippen LogP contribution in [0.4, 0.5) is 4.79 Å². The van der Waals surface area contributed by atoms with Crippen LogP contribution in [-0.4, -0.2) is 60.8 Å². The first-order valence-corrected chi connectivity index (χ1v) is 13.5. The van der Waals surface area contributed by atoms with Crippen LogP contribution in [0, 0.1) is 0 Å². The molecule has 2 saturated heterocycles. The van der Waals surface area contributed by atoms with Gasteiger partial charge in [-0.3, -0.25) is 9.59 Å². The van der Waals surface area contributed by atoms with Crippen LogP contribution in [0.2, 0.25) is 0 Å². The first kappa shape index (κ1) is 31.2. The Bertz CT molecular complexity index is 551. The second-order valence-corrected chi connectivity index (χ2v) is 9.74. The SMILES string of the molecule is C=O.CCCCC1SCC2NC(=O)NC21.CCCCCCNC(=O)CCCCCNC(C)=O. The molecule has 0 aromatic carbocycles. The Kier molecular flexibility index (Phi) is 19.7. The predicted molar refractivity (Wildman–Crippen MR) is 136 cm³/mol. The molecule has 2 aliphatic heterocycles. The van der Waals surface area contributed by atoms with Gasteiger partial charge in [-0.2, -0.15) is 11.8 Å². The Hall–Kier alpha value is -1.77. The molecule has 0 spiro atoms. The zero-order valence-corrected chi connectivity index (χ0v) is 21.7. The molecule has 3 atom stereocenters. The van der Waals surface area contributed by atoms with Crippen LogP contribution in [0.15, 0.2) is 0 Å². The van der Waals surface area contributed by atoms with Gasteiger partial charge in [0.2, 0.25) is 11.8 Å². The van der Waals surface area contributed by atoms with E-state index < -0.39 is 0 Å². The zero-order valence-electron chi connectivity index (χ0n) is 20.9. The number of rotatable bonds is 14. The zero-order chi connectivity index (χ0) is 24.9. The molecule has 192 valence electrons. The molecule has 9 heteroatoms. The lowest BCUT2D eigenvalue weighted by molar-refractivity contribution is -0.121. The summed E-state index contributed by atoms with van der Waals surface area (Å²) in [5.41, 5.74) is 0. The highest BCUT2D eigenvalue weighted by Crippen LogP contribution is 2.32. The molecule has 3 unspecified atom stereocenters. The van der Waals surface area contributed by atoms with Gasteiger partial charge in [-0.15, -0.1) is 0 Å². The van der Waals surface area contributed by atoms with E-state index in [1.165, 1.54) is 45.4 Å². The van der Waals surface area contributed by atoms with E-state index in [1.807, 2.05) is 18.6 Å². The number of unbranched alkanes of at least 4 members (excludes halogenated alkanes) is 6. The maximum absolute atomic E-state index is 11.4. The maximum atomic E-state index is 11.4. The molecule has 2 fully saturated rings. The highest BCUT2D eigenvalue weighted by Gasteiger charge is 2.42. The molecular formula is C24H46N4O4S. The minimum Gasteiger partial charge on any atom is -0.356 e. The second kappa shape index (κ2) is 20.8. The van der Waals surface area contributed by atoms with Gasteiger partial charge < -0.3 is 26.1 Å². The molecule has 0 radical (unpaired) electrons. The molecule has 4 amide bonds. The van der Waals surface area contributed by atoms with Gasteiger partial charge in [0, 0.05) is 37.4 Å². The Morgan fingerprint density at radius 3 is 2.21 bits per heavy atom. The number of carbonyl (C=O) groups is 4. The summed E-state index contributed by atoms with van der Waals surface area (Å²) in [6, 6.07) is 0.806. The molecule has 8 nitrogen and oxygen atoms in total. The second-order valence-electron chi connectivity index (χ2n) is 8.47. The average Bonchev–Trinajstić information content (AvgIpc) is 3.35. The van der Waals surface area contributed by atoms with Crippen molar-refractivity contribution < 1.29 is 19.2 Å². The first-order chi connectivity index (χ1) is 16.0. The summed E-state index contributed by atoms with van der Waals surface area (Å²) in [6.07, 6.45) is 12.0. The van der Waals surface area contributed by atoms with Crippen molar-refractivity contribution in [2.75, 3.05) is 18.8 Å². The van der Waals surface area contributed by atoms with Crippen molar-refractivity contribution in [2.45, 2.75) is 109 Å². The summed E-state index contributed by atoms with van der Waals surface area (Å²) >= 11 is 2.00. The van der Waals surface area contributed by atoms with Crippen LogP contribution in [0.1, 0.15) is 91.4 Å². The number of urea groups is 1. The molecule has 2 rings (SSSR count). The molecule has 33 heavy (non-hydrogen) atoms. The van der Waals surface area contributed by atoms with Gasteiger partial charge in [0.05, 0.1) is 12.1 Å². The van der Waals surface area contributed by atoms with Crippen molar-refractivity contribution in [2.24, 2.45) is 0 Å². The Labute approximate surface area is 204 Å². The molecule has 0 bridgehead atoms. The van der Waals surface area contributed by atoms with Crippen LogP contribution in [0.5, 0.6) is 0 Å². The number of fused-ring (bicyclic) bond motifs is 1. The van der Waals surface area contributed by atoms with Crippen LogP contribution in [0.25, 0.3) is 0 Å². The van der Waals surface area contributed by atoms with E-state index in [0.29, 0.717) is 30.3 Å². The number of nitrogens with one attached hydrogen (secondary N) is 4. The van der Waals surface area contributed by atoms with Crippen molar-refractivity contribution in [3.05, 3.63) is 0 Å². The molecule has 2 heterocycles. The number of thioether (sulfide) groups is 1. The number of amides is 4. The normalized spacial score (nSPS) is 20.2. The quantitative estimate of drug-likeness (QED) is 0.221. The molecule has 0 saturated carbocycles. The Morgan fingerprint density at radius 1 is 0.939 bits per heavy atom. The topological polar surface area (TPSA) is 116 Å². The fourth-order valence-corrected chi connectivity index (χ4v) is 5.31. The lowest BCUT2D eigenvalue weighted by atomic mass is 10.0. The summed E-state index contributed by atoms with van der Waals surface area (Å²) in [5.74, 6) is 1.25. The van der Waals surface area contributed by atoms with Crippen LogP contribution < -0.4 is 21.3 Å². The average molecular weight is 487 g/mol. The third-order valence-electron chi connectivity index (χ3n) is 5.59. The lowest BCUT2D eigenvalue weighted by Crippen LogP contribution is -2.36. The van der Waals surface area contributed by atoms with Gasteiger partial charge in [0.1, 0.15) is 6.79 Å². The van der Waals surface area contributed by atoms with E-state index in [0.717, 1.165) is 38.0 Å². The van der Waals surface area contributed by atoms with E-state index in [9.17, 15) is 14.4 Å². The van der Waals surface area contributed by atoms with Crippen molar-refractivity contribution in [3.63, 3.8) is 0 Å². The van der Waals surface area contributed by atoms with Crippen LogP contribution in [-0.2, 0) is 14.4 Å². The maximum Gasteiger partial charge on any atom is 0.315 e. The summed E-state index contributed by atoms with van der Waals surface area (Å²) in [5, 5.41) is 12.3. The van der Waals surface area contributed by atoms with E-state index >= 15 is 0 Å². The fraction of sp³-hybridized carbons (Fsp3) is 0.833. The van der Waals surface area contributed by atoms with Crippen LogP contribution >= 0.6 is 11.8 Å². The third kappa shape index (κ3) is 15.7. The number of hydrogen-bond donors (Lipinski definition) is 4. The summed E-state index contributed by atoms with van der Waals surface area (Å²) in [7, 11) is 0. The number of hydrogen-bond acceptors (Lipinski definition) is 5. The van der Waals surface area contributed by atoms with E-state index in [-0.39, 0.29) is 17.8 Å². The van der Waals surface area contributed by atoms with Gasteiger partial charge in [-0.25, -0.2) is 4.79 Å². The van der Waals surface area contributed by atoms with Gasteiger partial charge >= 0.3 is 6.03 Å². The van der Waals surface area contributed by atoms with Gasteiger partial charge in [0.25, 0.3) is 0 Å². The molecule has 0 aliphatic carbocycles. The first-order valence-electron chi connectivity index (χ1n) is 12.5. The van der Waals surface area contributed by atoms with Crippen molar-refractivity contribution in [1.82, 2.24) is 21.3 Å². The Morgan fingerprint density at radius 2 is 1.58 bits per heavy atom. The van der Waals surface area contributed by atoms with Crippen molar-refractivity contribution >= 4 is 36.4 Å². The summed E-state index contributed by atoms with van der Waals surface area (Å²) < 4.78 is 0. The molecule has 2 aliphatic rings. The molecule has 0 aromatic heterocycles. The monoisotopic (exact) mass is 486 g/mol.